The van der Waals surface area contributed by atoms with Crippen molar-refractivity contribution in [2.24, 2.45) is 0 Å². The molecule has 0 spiro atoms. The van der Waals surface area contributed by atoms with Crippen molar-refractivity contribution in [1.29, 1.82) is 0 Å². The average molecular weight is 695 g/mol. The van der Waals surface area contributed by atoms with Crippen molar-refractivity contribution in [3.8, 4) is 0 Å². The molecule has 0 aliphatic carbocycles. The van der Waals surface area contributed by atoms with Crippen molar-refractivity contribution in [1.82, 2.24) is 0 Å². The molecule has 8 nitrogen and oxygen atoms in total. The summed E-state index contributed by atoms with van der Waals surface area (Å²) >= 11 is 0. The Hall–Kier alpha value is 0.0800. The van der Waals surface area contributed by atoms with Crippen molar-refractivity contribution in [3.63, 3.8) is 0 Å². The molecule has 2 atom stereocenters. The topological polar surface area (TPSA) is 121 Å². The van der Waals surface area contributed by atoms with E-state index in [2.05, 4.69) is 55.4 Å². The lowest BCUT2D eigenvalue weighted by Gasteiger charge is -2.39. The molecule has 276 valence electrons. The molecule has 0 radical (unpaired) electrons. The second-order valence-electron chi connectivity index (χ2n) is 12.9. The minimum Gasteiger partial charge on any atom is -0.774 e. The SMILES string of the molecule is CCCC[N+](CCCC)(CCCC)CCCC.CCCC[N+](CCCC)(CCCC)CCCC.O=P([O-])(O)C(F)(F)P(=O)([O-])O. The molecule has 0 aliphatic rings. The summed E-state index contributed by atoms with van der Waals surface area (Å²) in [5, 5.41) is -5.51. The summed E-state index contributed by atoms with van der Waals surface area (Å²) in [6.45, 7) is 30.0. The molecular weight excluding hydrogens is 620 g/mol. The molecule has 0 aromatic heterocycles. The quantitative estimate of drug-likeness (QED) is 0.0691. The summed E-state index contributed by atoms with van der Waals surface area (Å²) in [5.74, 6) is 0. The largest absolute Gasteiger partial charge is 0.774 e. The monoisotopic (exact) mass is 694 g/mol. The zero-order valence-electron chi connectivity index (χ0n) is 30.5. The minimum absolute atomic E-state index is 1.35. The van der Waals surface area contributed by atoms with E-state index in [1.165, 1.54) is 164 Å². The van der Waals surface area contributed by atoms with Gasteiger partial charge < -0.3 is 37.7 Å². The Balaban J connectivity index is -0.000000604. The Morgan fingerprint density at radius 2 is 0.578 bits per heavy atom. The van der Waals surface area contributed by atoms with E-state index in [1.54, 1.807) is 0 Å². The highest BCUT2D eigenvalue weighted by Gasteiger charge is 2.50. The first kappa shape index (κ1) is 49.5. The maximum absolute atomic E-state index is 11.8. The Morgan fingerprint density at radius 3 is 0.644 bits per heavy atom. The van der Waals surface area contributed by atoms with Gasteiger partial charge in [0.2, 0.25) is 15.2 Å². The number of hydrogen-bond acceptors (Lipinski definition) is 4. The van der Waals surface area contributed by atoms with Crippen LogP contribution in [0.15, 0.2) is 0 Å². The molecule has 12 heteroatoms. The first-order valence-electron chi connectivity index (χ1n) is 18.1. The average Bonchev–Trinajstić information content (AvgIpc) is 2.99. The zero-order chi connectivity index (χ0) is 35.5. The third-order valence-electron chi connectivity index (χ3n) is 8.57. The van der Waals surface area contributed by atoms with Crippen LogP contribution < -0.4 is 9.79 Å². The van der Waals surface area contributed by atoms with Gasteiger partial charge in [-0.1, -0.05) is 107 Å². The zero-order valence-corrected chi connectivity index (χ0v) is 32.3. The molecule has 0 aromatic rings. The van der Waals surface area contributed by atoms with Crippen LogP contribution in [0.2, 0.25) is 0 Å². The van der Waals surface area contributed by atoms with Gasteiger partial charge >= 0.3 is 5.40 Å². The van der Waals surface area contributed by atoms with Gasteiger partial charge in [0.1, 0.15) is 0 Å². The van der Waals surface area contributed by atoms with Crippen LogP contribution in [0.1, 0.15) is 158 Å². The lowest BCUT2D eigenvalue weighted by atomic mass is 10.1. The number of rotatable bonds is 26. The highest BCUT2D eigenvalue weighted by Crippen LogP contribution is 2.66. The molecule has 2 unspecified atom stereocenters. The first-order chi connectivity index (χ1) is 21.0. The molecule has 0 saturated heterocycles. The van der Waals surface area contributed by atoms with E-state index in [4.69, 9.17) is 9.79 Å². The Bertz CT molecular complexity index is 630. The molecular formula is C33H74F2N2O6P2. The van der Waals surface area contributed by atoms with E-state index in [1.807, 2.05) is 0 Å². The van der Waals surface area contributed by atoms with Gasteiger partial charge in [-0.05, 0) is 51.4 Å². The fraction of sp³-hybridized carbons (Fsp3) is 1.00. The van der Waals surface area contributed by atoms with Crippen LogP contribution in [0, 0.1) is 0 Å². The molecule has 0 bridgehead atoms. The highest BCUT2D eigenvalue weighted by atomic mass is 31.2. The summed E-state index contributed by atoms with van der Waals surface area (Å²) in [6.07, 6.45) is 22.1. The maximum Gasteiger partial charge on any atom is 0.368 e. The Labute approximate surface area is 277 Å². The summed E-state index contributed by atoms with van der Waals surface area (Å²) in [7, 11) is -12.8. The van der Waals surface area contributed by atoms with Gasteiger partial charge in [0.05, 0.1) is 52.4 Å². The predicted molar refractivity (Wildman–Crippen MR) is 183 cm³/mol. The van der Waals surface area contributed by atoms with Crippen LogP contribution in [0.25, 0.3) is 0 Å². The van der Waals surface area contributed by atoms with Crippen LogP contribution >= 0.6 is 15.2 Å². The molecule has 0 amide bonds. The number of quaternary nitrogens is 2. The molecule has 0 heterocycles. The first-order valence-corrected chi connectivity index (χ1v) is 21.3. The molecule has 45 heavy (non-hydrogen) atoms. The van der Waals surface area contributed by atoms with Gasteiger partial charge in [-0.2, -0.15) is 8.78 Å². The lowest BCUT2D eigenvalue weighted by molar-refractivity contribution is -0.929. The predicted octanol–water partition coefficient (Wildman–Crippen LogP) is 8.64. The van der Waals surface area contributed by atoms with Crippen LogP contribution in [-0.2, 0) is 9.13 Å². The molecule has 0 rings (SSSR count). The standard InChI is InChI=1S/2C16H36N.CH4F2O6P2/c2*1-5-9-13-17(14-10-6-2,15-11-7-3)16-12-8-4;2-1(3,10(4,5)6)11(7,8)9/h2*5-16H2,1-4H3;(H2,4,5,6)(H2,7,8,9)/q2*+1;/p-2. The fourth-order valence-corrected chi connectivity index (χ4v) is 6.73. The molecule has 0 aromatic carbocycles. The number of hydrogen-bond donors (Lipinski definition) is 2. The number of alkyl halides is 2. The fourth-order valence-electron chi connectivity index (χ4n) is 5.45. The third kappa shape index (κ3) is 23.1. The number of unbranched alkanes of at least 4 members (excludes halogenated alkanes) is 8. The van der Waals surface area contributed by atoms with Gasteiger partial charge in [-0.15, -0.1) is 0 Å². The van der Waals surface area contributed by atoms with E-state index in [9.17, 15) is 27.7 Å². The molecule has 0 aliphatic heterocycles. The second-order valence-corrected chi connectivity index (χ2v) is 16.4. The van der Waals surface area contributed by atoms with Crippen molar-refractivity contribution in [3.05, 3.63) is 0 Å². The van der Waals surface area contributed by atoms with Crippen LogP contribution in [0.4, 0.5) is 8.78 Å². The second kappa shape index (κ2) is 28.0. The van der Waals surface area contributed by atoms with Crippen molar-refractivity contribution in [2.45, 2.75) is 164 Å². The van der Waals surface area contributed by atoms with E-state index in [-0.39, 0.29) is 0 Å². The number of nitrogens with zero attached hydrogens (tertiary/aromatic N) is 2. The van der Waals surface area contributed by atoms with E-state index in [0.29, 0.717) is 0 Å². The Kier molecular flexibility index (Phi) is 30.7. The normalized spacial score (nSPS) is 14.9. The van der Waals surface area contributed by atoms with Gasteiger partial charge in [-0.3, -0.25) is 0 Å². The van der Waals surface area contributed by atoms with Gasteiger partial charge in [0.15, 0.2) is 0 Å². The molecule has 0 saturated carbocycles. The van der Waals surface area contributed by atoms with Crippen molar-refractivity contribution < 1.29 is 46.5 Å². The van der Waals surface area contributed by atoms with Gasteiger partial charge in [-0.25, -0.2) is 0 Å². The summed E-state index contributed by atoms with van der Waals surface area (Å²) in [4.78, 5) is 34.4. The highest BCUT2D eigenvalue weighted by molar-refractivity contribution is 7.70. The van der Waals surface area contributed by atoms with E-state index < -0.39 is 20.6 Å². The van der Waals surface area contributed by atoms with Crippen molar-refractivity contribution >= 4 is 15.2 Å². The number of halogens is 2. The van der Waals surface area contributed by atoms with Crippen LogP contribution in [-0.4, -0.2) is 76.5 Å². The smallest absolute Gasteiger partial charge is 0.368 e. The van der Waals surface area contributed by atoms with Crippen LogP contribution in [0.5, 0.6) is 0 Å². The minimum atomic E-state index is -6.40. The van der Waals surface area contributed by atoms with Crippen molar-refractivity contribution in [2.75, 3.05) is 52.4 Å². The summed E-state index contributed by atoms with van der Waals surface area (Å²) in [5.41, 5.74) is 0. The lowest BCUT2D eigenvalue weighted by Crippen LogP contribution is -2.50. The third-order valence-corrected chi connectivity index (χ3v) is 11.4. The van der Waals surface area contributed by atoms with E-state index >= 15 is 0 Å². The Morgan fingerprint density at radius 1 is 0.444 bits per heavy atom. The van der Waals surface area contributed by atoms with Gasteiger partial charge in [0, 0.05) is 0 Å². The van der Waals surface area contributed by atoms with E-state index in [0.717, 1.165) is 0 Å². The van der Waals surface area contributed by atoms with Gasteiger partial charge in [0.25, 0.3) is 0 Å². The maximum atomic E-state index is 11.8. The molecule has 2 N–H and O–H groups in total. The van der Waals surface area contributed by atoms with Crippen LogP contribution in [0.3, 0.4) is 0 Å². The summed E-state index contributed by atoms with van der Waals surface area (Å²) in [6, 6.07) is 0. The molecule has 0 fully saturated rings. The summed E-state index contributed by atoms with van der Waals surface area (Å²) < 4.78 is 45.6.